The first kappa shape index (κ1) is 30.4. The molecule has 6 nitrogen and oxygen atoms in total. The van der Waals surface area contributed by atoms with E-state index >= 15 is 0 Å². The maximum atomic E-state index is 13.8. The van der Waals surface area contributed by atoms with Crippen LogP contribution in [0.3, 0.4) is 0 Å². The van der Waals surface area contributed by atoms with Crippen LogP contribution in [0.15, 0.2) is 36.4 Å². The predicted molar refractivity (Wildman–Crippen MR) is 145 cm³/mol. The Morgan fingerprint density at radius 3 is 2.30 bits per heavy atom. The Bertz CT molecular complexity index is 1360. The Balaban J connectivity index is 1.59. The zero-order valence-electron chi connectivity index (χ0n) is 22.6. The van der Waals surface area contributed by atoms with E-state index in [2.05, 4.69) is 5.10 Å². The number of fused-ring (bicyclic) bond motifs is 1. The summed E-state index contributed by atoms with van der Waals surface area (Å²) in [6.07, 6.45) is -4.47. The number of rotatable bonds is 6. The molecule has 1 saturated heterocycles. The number of carbonyl (C=O) groups is 1. The predicted octanol–water partition coefficient (Wildman–Crippen LogP) is 8.09. The highest BCUT2D eigenvalue weighted by Gasteiger charge is 2.39. The minimum Gasteiger partial charge on any atom is -0.444 e. The first-order valence-corrected chi connectivity index (χ1v) is 13.6. The fourth-order valence-corrected chi connectivity index (χ4v) is 5.38. The van der Waals surface area contributed by atoms with E-state index < -0.39 is 35.9 Å². The van der Waals surface area contributed by atoms with Crippen LogP contribution >= 0.6 is 23.2 Å². The molecule has 0 bridgehead atoms. The molecule has 0 N–H and O–H groups in total. The summed E-state index contributed by atoms with van der Waals surface area (Å²) >= 11 is 12.5. The number of nitrogens with zero attached hydrogens (tertiary/aromatic N) is 3. The molecular formula is C28H31Cl2F4N3O3. The van der Waals surface area contributed by atoms with E-state index in [4.69, 9.17) is 32.7 Å². The highest BCUT2D eigenvalue weighted by atomic mass is 35.5. The van der Waals surface area contributed by atoms with Crippen molar-refractivity contribution in [1.29, 1.82) is 0 Å². The van der Waals surface area contributed by atoms with Crippen molar-refractivity contribution in [2.75, 3.05) is 19.7 Å². The summed E-state index contributed by atoms with van der Waals surface area (Å²) in [6, 6.07) is 9.27. The van der Waals surface area contributed by atoms with E-state index in [1.807, 2.05) is 0 Å². The monoisotopic (exact) mass is 603 g/mol. The van der Waals surface area contributed by atoms with Crippen molar-refractivity contribution in [3.63, 3.8) is 0 Å². The van der Waals surface area contributed by atoms with Gasteiger partial charge in [0.15, 0.2) is 0 Å². The van der Waals surface area contributed by atoms with E-state index in [9.17, 15) is 22.4 Å². The molecule has 1 aromatic heterocycles. The first-order valence-electron chi connectivity index (χ1n) is 12.8. The summed E-state index contributed by atoms with van der Waals surface area (Å²) in [4.78, 5) is 14.3. The number of likely N-dealkylation sites (tertiary alicyclic amines) is 1. The number of ether oxygens (including phenoxy) is 2. The fourth-order valence-electron chi connectivity index (χ4n) is 4.92. The van der Waals surface area contributed by atoms with E-state index in [1.54, 1.807) is 50.8 Å². The summed E-state index contributed by atoms with van der Waals surface area (Å²) in [7, 11) is 0. The SMILES string of the molecule is C[C@@H](OCC1(c2ccc(F)cc2)CCN(C(=O)OC(C)(C)C)CC1)c1cc(Cl)cc2c(Cl)n(CC(F)(F)F)nc12. The second kappa shape index (κ2) is 11.4. The number of hydrogen-bond donors (Lipinski definition) is 0. The van der Waals surface area contributed by atoms with Crippen LogP contribution in [-0.4, -0.2) is 52.2 Å². The molecule has 1 fully saturated rings. The summed E-state index contributed by atoms with van der Waals surface area (Å²) in [5.74, 6) is -0.369. The van der Waals surface area contributed by atoms with Crippen LogP contribution in [0, 0.1) is 5.82 Å². The average molecular weight is 604 g/mol. The van der Waals surface area contributed by atoms with Gasteiger partial charge in [0, 0.05) is 34.5 Å². The highest BCUT2D eigenvalue weighted by molar-refractivity contribution is 6.36. The Morgan fingerprint density at radius 1 is 1.10 bits per heavy atom. The molecule has 0 aliphatic carbocycles. The van der Waals surface area contributed by atoms with Gasteiger partial charge in [-0.3, -0.25) is 0 Å². The summed E-state index contributed by atoms with van der Waals surface area (Å²) in [5, 5.41) is 4.54. The van der Waals surface area contributed by atoms with Gasteiger partial charge in [0.25, 0.3) is 0 Å². The van der Waals surface area contributed by atoms with Crippen molar-refractivity contribution in [3.8, 4) is 0 Å². The van der Waals surface area contributed by atoms with Crippen LogP contribution in [0.4, 0.5) is 22.4 Å². The van der Waals surface area contributed by atoms with Gasteiger partial charge in [0.2, 0.25) is 0 Å². The number of benzene rings is 2. The molecule has 1 aliphatic rings. The van der Waals surface area contributed by atoms with Gasteiger partial charge in [-0.2, -0.15) is 18.3 Å². The van der Waals surface area contributed by atoms with E-state index in [0.717, 1.165) is 5.56 Å². The summed E-state index contributed by atoms with van der Waals surface area (Å²) in [5.41, 5.74) is 0.441. The van der Waals surface area contributed by atoms with Crippen molar-refractivity contribution < 1.29 is 31.8 Å². The highest BCUT2D eigenvalue weighted by Crippen LogP contribution is 2.40. The summed E-state index contributed by atoms with van der Waals surface area (Å²) in [6.45, 7) is 6.85. The van der Waals surface area contributed by atoms with Crippen molar-refractivity contribution >= 4 is 40.2 Å². The van der Waals surface area contributed by atoms with Gasteiger partial charge in [-0.05, 0) is 70.4 Å². The molecule has 1 atom stereocenters. The normalized spacial score (nSPS) is 16.8. The number of hydrogen-bond acceptors (Lipinski definition) is 4. The van der Waals surface area contributed by atoms with Gasteiger partial charge in [-0.15, -0.1) is 0 Å². The molecule has 40 heavy (non-hydrogen) atoms. The van der Waals surface area contributed by atoms with Crippen molar-refractivity contribution in [2.24, 2.45) is 0 Å². The second-order valence-electron chi connectivity index (χ2n) is 11.2. The van der Waals surface area contributed by atoms with E-state index in [1.165, 1.54) is 18.2 Å². The van der Waals surface area contributed by atoms with Crippen LogP contribution in [0.5, 0.6) is 0 Å². The number of piperidine rings is 1. The zero-order valence-corrected chi connectivity index (χ0v) is 24.1. The number of carbonyl (C=O) groups excluding carboxylic acids is 1. The number of halogens is 6. The molecule has 1 aliphatic heterocycles. The van der Waals surface area contributed by atoms with Gasteiger partial charge >= 0.3 is 12.3 Å². The third-order valence-corrected chi connectivity index (χ3v) is 7.60. The Morgan fingerprint density at radius 2 is 1.73 bits per heavy atom. The smallest absolute Gasteiger partial charge is 0.410 e. The lowest BCUT2D eigenvalue weighted by atomic mass is 9.73. The lowest BCUT2D eigenvalue weighted by molar-refractivity contribution is -0.142. The second-order valence-corrected chi connectivity index (χ2v) is 12.0. The Kier molecular flexibility index (Phi) is 8.64. The van der Waals surface area contributed by atoms with Gasteiger partial charge in [-0.25, -0.2) is 13.9 Å². The van der Waals surface area contributed by atoms with Crippen molar-refractivity contribution in [1.82, 2.24) is 14.7 Å². The first-order chi connectivity index (χ1) is 18.6. The van der Waals surface area contributed by atoms with Crippen LogP contribution in [0.1, 0.15) is 57.8 Å². The average Bonchev–Trinajstić information content (AvgIpc) is 3.15. The maximum absolute atomic E-state index is 13.8. The largest absolute Gasteiger partial charge is 0.444 e. The third kappa shape index (κ3) is 7.01. The summed E-state index contributed by atoms with van der Waals surface area (Å²) < 4.78 is 65.6. The molecule has 12 heteroatoms. The number of amides is 1. The van der Waals surface area contributed by atoms with Crippen LogP contribution < -0.4 is 0 Å². The van der Waals surface area contributed by atoms with Gasteiger partial charge < -0.3 is 14.4 Å². The molecule has 3 aromatic rings. The molecule has 2 aromatic carbocycles. The molecule has 0 saturated carbocycles. The van der Waals surface area contributed by atoms with Gasteiger partial charge in [0.1, 0.15) is 23.1 Å². The zero-order chi connectivity index (χ0) is 29.5. The molecule has 4 rings (SSSR count). The lowest BCUT2D eigenvalue weighted by Gasteiger charge is -2.42. The van der Waals surface area contributed by atoms with E-state index in [-0.39, 0.29) is 28.1 Å². The number of aromatic nitrogens is 2. The lowest BCUT2D eigenvalue weighted by Crippen LogP contribution is -2.48. The van der Waals surface area contributed by atoms with Crippen LogP contribution in [-0.2, 0) is 21.4 Å². The topological polar surface area (TPSA) is 56.6 Å². The van der Waals surface area contributed by atoms with Gasteiger partial charge in [-0.1, -0.05) is 35.3 Å². The van der Waals surface area contributed by atoms with Gasteiger partial charge in [0.05, 0.1) is 18.2 Å². The van der Waals surface area contributed by atoms with Crippen LogP contribution in [0.2, 0.25) is 10.2 Å². The van der Waals surface area contributed by atoms with E-state index in [0.29, 0.717) is 41.6 Å². The minimum absolute atomic E-state index is 0.166. The molecule has 0 radical (unpaired) electrons. The minimum atomic E-state index is -4.51. The number of alkyl halides is 3. The Labute approximate surface area is 240 Å². The van der Waals surface area contributed by atoms with Crippen LogP contribution in [0.25, 0.3) is 10.9 Å². The molecule has 2 heterocycles. The Hall–Kier alpha value is -2.56. The quantitative estimate of drug-likeness (QED) is 0.267. The molecule has 0 spiro atoms. The molecule has 0 unspecified atom stereocenters. The third-order valence-electron chi connectivity index (χ3n) is 6.98. The van der Waals surface area contributed by atoms with Crippen molar-refractivity contribution in [2.45, 2.75) is 70.4 Å². The maximum Gasteiger partial charge on any atom is 0.410 e. The molecular weight excluding hydrogens is 573 g/mol. The fraction of sp³-hybridized carbons (Fsp3) is 0.500. The molecule has 1 amide bonds. The molecule has 218 valence electrons. The van der Waals surface area contributed by atoms with Crippen molar-refractivity contribution in [3.05, 3.63) is 63.5 Å². The standard InChI is InChI=1S/C28H31Cl2F4N3O3/c1-17(21-13-19(29)14-22-23(21)35-37(24(22)30)15-28(32,33)34)39-16-27(18-5-7-20(31)8-6-18)9-11-36(12-10-27)25(38)40-26(2,3)4/h5-8,13-14,17H,9-12,15-16H2,1-4H3/t17-/m1/s1.